The van der Waals surface area contributed by atoms with Gasteiger partial charge in [-0.25, -0.2) is 0 Å². The van der Waals surface area contributed by atoms with Gasteiger partial charge in [0.1, 0.15) is 0 Å². The van der Waals surface area contributed by atoms with Gasteiger partial charge in [-0.2, -0.15) is 5.26 Å². The van der Waals surface area contributed by atoms with E-state index in [1.807, 2.05) is 12.1 Å². The molecule has 2 aliphatic rings. The predicted molar refractivity (Wildman–Crippen MR) is 99.8 cm³/mol. The van der Waals surface area contributed by atoms with Gasteiger partial charge < -0.3 is 4.90 Å². The molecule has 0 bridgehead atoms. The van der Waals surface area contributed by atoms with Crippen LogP contribution in [0.3, 0.4) is 0 Å². The maximum absolute atomic E-state index is 8.84. The van der Waals surface area contributed by atoms with Crippen LogP contribution in [0.2, 0.25) is 0 Å². The average molecular weight is 325 g/mol. The fraction of sp³-hybridized carbons (Fsp3) is 0.682. The molecule has 1 saturated heterocycles. The SMILES string of the molecule is CC1CCC(CN2CCC(CCCc3ccc(C#N)cc3)CC2)C1. The number of benzene rings is 1. The molecule has 0 amide bonds. The standard InChI is InChI=1S/C22H32N2/c1-18-5-6-22(15-18)17-24-13-11-20(12-14-24)4-2-3-19-7-9-21(16-23)10-8-19/h7-10,18,20,22H,2-6,11-15,17H2,1H3. The third kappa shape index (κ3) is 5.08. The van der Waals surface area contributed by atoms with Crippen LogP contribution in [-0.4, -0.2) is 24.5 Å². The zero-order chi connectivity index (χ0) is 16.8. The van der Waals surface area contributed by atoms with Gasteiger partial charge in [-0.05, 0) is 87.1 Å². The van der Waals surface area contributed by atoms with Crippen LogP contribution in [-0.2, 0) is 6.42 Å². The molecule has 1 aliphatic heterocycles. The van der Waals surface area contributed by atoms with Crippen LogP contribution in [0.4, 0.5) is 0 Å². The lowest BCUT2D eigenvalue weighted by molar-refractivity contribution is 0.155. The van der Waals surface area contributed by atoms with Crippen molar-refractivity contribution in [3.8, 4) is 6.07 Å². The number of rotatable bonds is 6. The van der Waals surface area contributed by atoms with Crippen LogP contribution < -0.4 is 0 Å². The molecular weight excluding hydrogens is 292 g/mol. The number of piperidine rings is 1. The van der Waals surface area contributed by atoms with Gasteiger partial charge in [-0.1, -0.05) is 31.9 Å². The first-order valence-electron chi connectivity index (χ1n) is 9.94. The summed E-state index contributed by atoms with van der Waals surface area (Å²) >= 11 is 0. The van der Waals surface area contributed by atoms with Crippen molar-refractivity contribution < 1.29 is 0 Å². The van der Waals surface area contributed by atoms with Gasteiger partial charge >= 0.3 is 0 Å². The highest BCUT2D eigenvalue weighted by Crippen LogP contribution is 2.32. The molecule has 1 aliphatic carbocycles. The molecule has 0 N–H and O–H groups in total. The molecule has 1 aromatic rings. The molecular formula is C22H32N2. The first kappa shape index (κ1) is 17.5. The lowest BCUT2D eigenvalue weighted by Crippen LogP contribution is -2.36. The Morgan fingerprint density at radius 3 is 2.42 bits per heavy atom. The molecule has 0 aromatic heterocycles. The molecule has 1 heterocycles. The van der Waals surface area contributed by atoms with E-state index in [-0.39, 0.29) is 0 Å². The van der Waals surface area contributed by atoms with Crippen molar-refractivity contribution in [1.82, 2.24) is 4.90 Å². The van der Waals surface area contributed by atoms with Gasteiger partial charge in [0, 0.05) is 6.54 Å². The summed E-state index contributed by atoms with van der Waals surface area (Å²) in [5, 5.41) is 8.84. The van der Waals surface area contributed by atoms with E-state index in [1.165, 1.54) is 70.1 Å². The number of hydrogen-bond donors (Lipinski definition) is 0. The van der Waals surface area contributed by atoms with Crippen LogP contribution in [0.15, 0.2) is 24.3 Å². The van der Waals surface area contributed by atoms with Crippen LogP contribution >= 0.6 is 0 Å². The quantitative estimate of drug-likeness (QED) is 0.734. The number of nitrogens with zero attached hydrogens (tertiary/aromatic N) is 2. The lowest BCUT2D eigenvalue weighted by atomic mass is 9.90. The zero-order valence-corrected chi connectivity index (χ0v) is 15.2. The summed E-state index contributed by atoms with van der Waals surface area (Å²) in [7, 11) is 0. The minimum absolute atomic E-state index is 0.766. The molecule has 2 fully saturated rings. The normalized spacial score (nSPS) is 25.7. The van der Waals surface area contributed by atoms with Crippen molar-refractivity contribution in [1.29, 1.82) is 5.26 Å². The molecule has 2 nitrogen and oxygen atoms in total. The van der Waals surface area contributed by atoms with Crippen LogP contribution in [0, 0.1) is 29.1 Å². The Labute approximate surface area is 147 Å². The number of hydrogen-bond acceptors (Lipinski definition) is 2. The first-order valence-corrected chi connectivity index (χ1v) is 9.94. The lowest BCUT2D eigenvalue weighted by Gasteiger charge is -2.33. The zero-order valence-electron chi connectivity index (χ0n) is 15.2. The molecule has 2 atom stereocenters. The fourth-order valence-corrected chi connectivity index (χ4v) is 4.65. The molecule has 3 rings (SSSR count). The van der Waals surface area contributed by atoms with Gasteiger partial charge in [-0.3, -0.25) is 0 Å². The second kappa shape index (κ2) is 8.67. The molecule has 2 heteroatoms. The average Bonchev–Trinajstić information content (AvgIpc) is 3.02. The minimum Gasteiger partial charge on any atom is -0.303 e. The maximum Gasteiger partial charge on any atom is 0.0991 e. The van der Waals surface area contributed by atoms with Gasteiger partial charge in [-0.15, -0.1) is 0 Å². The van der Waals surface area contributed by atoms with E-state index in [1.54, 1.807) is 0 Å². The Morgan fingerprint density at radius 1 is 1.04 bits per heavy atom. The van der Waals surface area contributed by atoms with Crippen LogP contribution in [0.25, 0.3) is 0 Å². The highest BCUT2D eigenvalue weighted by Gasteiger charge is 2.25. The second-order valence-corrected chi connectivity index (χ2v) is 8.23. The molecule has 1 aromatic carbocycles. The Hall–Kier alpha value is -1.33. The number of nitriles is 1. The maximum atomic E-state index is 8.84. The molecule has 130 valence electrons. The molecule has 24 heavy (non-hydrogen) atoms. The number of likely N-dealkylation sites (tertiary alicyclic amines) is 1. The van der Waals surface area contributed by atoms with E-state index < -0.39 is 0 Å². The first-order chi connectivity index (χ1) is 11.7. The summed E-state index contributed by atoms with van der Waals surface area (Å²) in [4.78, 5) is 2.74. The van der Waals surface area contributed by atoms with Gasteiger partial charge in [0.2, 0.25) is 0 Å². The second-order valence-electron chi connectivity index (χ2n) is 8.23. The summed E-state index contributed by atoms with van der Waals surface area (Å²) in [6, 6.07) is 10.3. The van der Waals surface area contributed by atoms with Gasteiger partial charge in [0.15, 0.2) is 0 Å². The highest BCUT2D eigenvalue weighted by atomic mass is 15.1. The predicted octanol–water partition coefficient (Wildman–Crippen LogP) is 5.03. The molecule has 0 spiro atoms. The Kier molecular flexibility index (Phi) is 6.32. The third-order valence-electron chi connectivity index (χ3n) is 6.19. The van der Waals surface area contributed by atoms with Crippen molar-refractivity contribution in [3.63, 3.8) is 0 Å². The van der Waals surface area contributed by atoms with Crippen molar-refractivity contribution in [3.05, 3.63) is 35.4 Å². The van der Waals surface area contributed by atoms with E-state index in [4.69, 9.17) is 5.26 Å². The van der Waals surface area contributed by atoms with Crippen molar-refractivity contribution in [2.24, 2.45) is 17.8 Å². The Bertz CT molecular complexity index is 534. The summed E-state index contributed by atoms with van der Waals surface area (Å²) in [6.45, 7) is 6.43. The van der Waals surface area contributed by atoms with E-state index >= 15 is 0 Å². The monoisotopic (exact) mass is 324 g/mol. The molecule has 1 saturated carbocycles. The Morgan fingerprint density at radius 2 is 1.79 bits per heavy atom. The van der Waals surface area contributed by atoms with E-state index in [9.17, 15) is 0 Å². The summed E-state index contributed by atoms with van der Waals surface area (Å²) < 4.78 is 0. The summed E-state index contributed by atoms with van der Waals surface area (Å²) in [6.07, 6.45) is 11.0. The topological polar surface area (TPSA) is 27.0 Å². The third-order valence-corrected chi connectivity index (χ3v) is 6.19. The summed E-state index contributed by atoms with van der Waals surface area (Å²) in [5.41, 5.74) is 2.14. The largest absolute Gasteiger partial charge is 0.303 e. The van der Waals surface area contributed by atoms with Crippen molar-refractivity contribution >= 4 is 0 Å². The molecule has 2 unspecified atom stereocenters. The van der Waals surface area contributed by atoms with Crippen molar-refractivity contribution in [2.45, 2.75) is 58.3 Å². The highest BCUT2D eigenvalue weighted by molar-refractivity contribution is 5.31. The van der Waals surface area contributed by atoms with E-state index in [2.05, 4.69) is 30.0 Å². The van der Waals surface area contributed by atoms with Crippen LogP contribution in [0.5, 0.6) is 0 Å². The minimum atomic E-state index is 0.766. The Balaban J connectivity index is 1.31. The molecule has 0 radical (unpaired) electrons. The van der Waals surface area contributed by atoms with E-state index in [0.717, 1.165) is 29.7 Å². The smallest absolute Gasteiger partial charge is 0.0991 e. The van der Waals surface area contributed by atoms with Gasteiger partial charge in [0.25, 0.3) is 0 Å². The van der Waals surface area contributed by atoms with Crippen molar-refractivity contribution in [2.75, 3.05) is 19.6 Å². The van der Waals surface area contributed by atoms with Crippen LogP contribution in [0.1, 0.15) is 63.0 Å². The van der Waals surface area contributed by atoms with Gasteiger partial charge in [0.05, 0.1) is 11.6 Å². The number of aryl methyl sites for hydroxylation is 1. The van der Waals surface area contributed by atoms with E-state index in [0.29, 0.717) is 0 Å². The summed E-state index contributed by atoms with van der Waals surface area (Å²) in [5.74, 6) is 2.88. The fourth-order valence-electron chi connectivity index (χ4n) is 4.65.